The molecule has 0 amide bonds. The van der Waals surface area contributed by atoms with Crippen molar-refractivity contribution < 1.29 is 8.42 Å². The highest BCUT2D eigenvalue weighted by Gasteiger charge is 2.24. The second-order valence-electron chi connectivity index (χ2n) is 4.43. The van der Waals surface area contributed by atoms with Gasteiger partial charge in [0.15, 0.2) is 0 Å². The van der Waals surface area contributed by atoms with Crippen molar-refractivity contribution in [1.82, 2.24) is 4.31 Å². The first-order chi connectivity index (χ1) is 8.43. The minimum absolute atomic E-state index is 0.324. The summed E-state index contributed by atoms with van der Waals surface area (Å²) in [6, 6.07) is 5.01. The van der Waals surface area contributed by atoms with E-state index >= 15 is 0 Å². The van der Waals surface area contributed by atoms with Crippen molar-refractivity contribution in [2.24, 2.45) is 0 Å². The number of hydrogen-bond donors (Lipinski definition) is 1. The summed E-state index contributed by atoms with van der Waals surface area (Å²) in [7, 11) is -3.43. The number of nitrogens with zero attached hydrogens (tertiary/aromatic N) is 1. The molecule has 0 radical (unpaired) electrons. The van der Waals surface area contributed by atoms with Gasteiger partial charge in [0.05, 0.1) is 4.90 Å². The Kier molecular flexibility index (Phi) is 5.16. The molecule has 0 aromatic heterocycles. The molecule has 0 spiro atoms. The Hall–Kier alpha value is -1.07. The van der Waals surface area contributed by atoms with Crippen LogP contribution in [0.3, 0.4) is 0 Å². The van der Waals surface area contributed by atoms with Gasteiger partial charge in [0, 0.05) is 18.8 Å². The van der Waals surface area contributed by atoms with Gasteiger partial charge in [0.2, 0.25) is 10.0 Å². The standard InChI is InChI=1S/C13H22N2O2S/c1-4-8-15(9-5-2)18(16,17)13-10-12(14)7-6-11(13)3/h6-7,10H,4-5,8-9,14H2,1-3H3. The molecule has 0 heterocycles. The third-order valence-electron chi connectivity index (χ3n) is 2.78. The summed E-state index contributed by atoms with van der Waals surface area (Å²) in [5.74, 6) is 0. The number of hydrogen-bond acceptors (Lipinski definition) is 3. The summed E-state index contributed by atoms with van der Waals surface area (Å²) in [4.78, 5) is 0.324. The summed E-state index contributed by atoms with van der Waals surface area (Å²) in [6.07, 6.45) is 1.61. The first-order valence-corrected chi connectivity index (χ1v) is 7.73. The predicted octanol–water partition coefficient (Wildman–Crippen LogP) is 2.39. The first kappa shape index (κ1) is 15.0. The van der Waals surface area contributed by atoms with Crippen molar-refractivity contribution in [3.05, 3.63) is 23.8 Å². The molecule has 5 heteroatoms. The summed E-state index contributed by atoms with van der Waals surface area (Å²) in [5, 5.41) is 0. The molecule has 0 aliphatic rings. The molecule has 102 valence electrons. The number of aryl methyl sites for hydroxylation is 1. The molecule has 1 aromatic carbocycles. The first-order valence-electron chi connectivity index (χ1n) is 6.29. The lowest BCUT2D eigenvalue weighted by molar-refractivity contribution is 0.409. The third kappa shape index (κ3) is 3.23. The normalized spacial score (nSPS) is 12.0. The van der Waals surface area contributed by atoms with Crippen LogP contribution in [-0.4, -0.2) is 25.8 Å². The van der Waals surface area contributed by atoms with Gasteiger partial charge >= 0.3 is 0 Å². The van der Waals surface area contributed by atoms with E-state index in [2.05, 4.69) is 0 Å². The molecule has 0 aliphatic carbocycles. The molecule has 0 atom stereocenters. The summed E-state index contributed by atoms with van der Waals surface area (Å²) < 4.78 is 26.6. The van der Waals surface area contributed by atoms with E-state index in [0.717, 1.165) is 18.4 Å². The average Bonchev–Trinajstić information content (AvgIpc) is 2.32. The van der Waals surface area contributed by atoms with E-state index in [1.54, 1.807) is 25.1 Å². The van der Waals surface area contributed by atoms with Crippen LogP contribution in [0, 0.1) is 6.92 Å². The molecule has 1 aromatic rings. The lowest BCUT2D eigenvalue weighted by Gasteiger charge is -2.22. The fourth-order valence-corrected chi connectivity index (χ4v) is 3.77. The Morgan fingerprint density at radius 2 is 1.72 bits per heavy atom. The lowest BCUT2D eigenvalue weighted by atomic mass is 10.2. The molecular formula is C13H22N2O2S. The van der Waals surface area contributed by atoms with Gasteiger partial charge < -0.3 is 5.73 Å². The van der Waals surface area contributed by atoms with Gasteiger partial charge in [-0.1, -0.05) is 19.9 Å². The van der Waals surface area contributed by atoms with Gasteiger partial charge in [-0.3, -0.25) is 0 Å². The quantitative estimate of drug-likeness (QED) is 0.807. The maximum absolute atomic E-state index is 12.6. The van der Waals surface area contributed by atoms with E-state index < -0.39 is 10.0 Å². The summed E-state index contributed by atoms with van der Waals surface area (Å²) in [6.45, 7) is 6.84. The summed E-state index contributed by atoms with van der Waals surface area (Å²) in [5.41, 5.74) is 6.91. The van der Waals surface area contributed by atoms with E-state index in [-0.39, 0.29) is 0 Å². The van der Waals surface area contributed by atoms with Crippen LogP contribution >= 0.6 is 0 Å². The largest absolute Gasteiger partial charge is 0.399 e. The van der Waals surface area contributed by atoms with Crippen LogP contribution < -0.4 is 5.73 Å². The van der Waals surface area contributed by atoms with Crippen molar-refractivity contribution in [3.8, 4) is 0 Å². The molecule has 18 heavy (non-hydrogen) atoms. The topological polar surface area (TPSA) is 63.4 Å². The number of nitrogens with two attached hydrogens (primary N) is 1. The van der Waals surface area contributed by atoms with Crippen molar-refractivity contribution in [3.63, 3.8) is 0 Å². The van der Waals surface area contributed by atoms with Crippen LogP contribution in [0.25, 0.3) is 0 Å². The highest BCUT2D eigenvalue weighted by molar-refractivity contribution is 7.89. The second-order valence-corrected chi connectivity index (χ2v) is 6.34. The minimum Gasteiger partial charge on any atom is -0.399 e. The number of benzene rings is 1. The molecule has 0 saturated heterocycles. The van der Waals surface area contributed by atoms with E-state index in [4.69, 9.17) is 5.73 Å². The molecule has 4 nitrogen and oxygen atoms in total. The average molecular weight is 270 g/mol. The zero-order valence-electron chi connectivity index (χ0n) is 11.3. The zero-order chi connectivity index (χ0) is 13.8. The zero-order valence-corrected chi connectivity index (χ0v) is 12.1. The second kappa shape index (κ2) is 6.20. The van der Waals surface area contributed by atoms with E-state index in [0.29, 0.717) is 23.7 Å². The Bertz CT molecular complexity index is 492. The Labute approximate surface area is 110 Å². The maximum atomic E-state index is 12.6. The number of anilines is 1. The fourth-order valence-electron chi connectivity index (χ4n) is 1.88. The van der Waals surface area contributed by atoms with Gasteiger partial charge in [0.1, 0.15) is 0 Å². The maximum Gasteiger partial charge on any atom is 0.243 e. The van der Waals surface area contributed by atoms with Crippen molar-refractivity contribution >= 4 is 15.7 Å². The molecule has 2 N–H and O–H groups in total. The number of nitrogen functional groups attached to an aromatic ring is 1. The van der Waals surface area contributed by atoms with Crippen LogP contribution in [0.1, 0.15) is 32.3 Å². The summed E-state index contributed by atoms with van der Waals surface area (Å²) >= 11 is 0. The van der Waals surface area contributed by atoms with Gasteiger partial charge in [0.25, 0.3) is 0 Å². The Balaban J connectivity index is 3.21. The van der Waals surface area contributed by atoms with Crippen LogP contribution in [0.5, 0.6) is 0 Å². The highest BCUT2D eigenvalue weighted by atomic mass is 32.2. The van der Waals surface area contributed by atoms with E-state index in [9.17, 15) is 8.42 Å². The Morgan fingerprint density at radius 3 is 2.22 bits per heavy atom. The van der Waals surface area contributed by atoms with Gasteiger partial charge in [-0.15, -0.1) is 0 Å². The smallest absolute Gasteiger partial charge is 0.243 e. The minimum atomic E-state index is -3.43. The van der Waals surface area contributed by atoms with Crippen molar-refractivity contribution in [2.75, 3.05) is 18.8 Å². The molecule has 0 bridgehead atoms. The highest BCUT2D eigenvalue weighted by Crippen LogP contribution is 2.22. The van der Waals surface area contributed by atoms with Crippen LogP contribution in [-0.2, 0) is 10.0 Å². The monoisotopic (exact) mass is 270 g/mol. The lowest BCUT2D eigenvalue weighted by Crippen LogP contribution is -2.33. The van der Waals surface area contributed by atoms with E-state index in [1.165, 1.54) is 4.31 Å². The molecule has 0 saturated carbocycles. The van der Waals surface area contributed by atoms with Crippen LogP contribution in [0.2, 0.25) is 0 Å². The van der Waals surface area contributed by atoms with E-state index in [1.807, 2.05) is 13.8 Å². The van der Waals surface area contributed by atoms with Gasteiger partial charge in [-0.2, -0.15) is 4.31 Å². The van der Waals surface area contributed by atoms with Gasteiger partial charge in [-0.25, -0.2) is 8.42 Å². The molecule has 1 rings (SSSR count). The van der Waals surface area contributed by atoms with Crippen molar-refractivity contribution in [1.29, 1.82) is 0 Å². The Morgan fingerprint density at radius 1 is 1.17 bits per heavy atom. The molecule has 0 fully saturated rings. The SMILES string of the molecule is CCCN(CCC)S(=O)(=O)c1cc(N)ccc1C. The van der Waals surface area contributed by atoms with Crippen LogP contribution in [0.15, 0.2) is 23.1 Å². The molecule has 0 aliphatic heterocycles. The number of rotatable bonds is 6. The number of sulfonamides is 1. The molecule has 0 unspecified atom stereocenters. The van der Waals surface area contributed by atoms with Crippen molar-refractivity contribution in [2.45, 2.75) is 38.5 Å². The molecular weight excluding hydrogens is 248 g/mol. The van der Waals surface area contributed by atoms with Crippen LogP contribution in [0.4, 0.5) is 5.69 Å². The fraction of sp³-hybridized carbons (Fsp3) is 0.538. The third-order valence-corrected chi connectivity index (χ3v) is 4.82. The van der Waals surface area contributed by atoms with Gasteiger partial charge in [-0.05, 0) is 37.5 Å². The predicted molar refractivity (Wildman–Crippen MR) is 74.9 cm³/mol.